The van der Waals surface area contributed by atoms with Gasteiger partial charge in [0.05, 0.1) is 5.75 Å². The van der Waals surface area contributed by atoms with Crippen LogP contribution in [0.2, 0.25) is 0 Å². The number of benzene rings is 2. The largest absolute Gasteiger partial charge is 0.356 e. The molecule has 0 saturated heterocycles. The second-order valence-corrected chi connectivity index (χ2v) is 7.49. The fourth-order valence-corrected chi connectivity index (χ4v) is 3.54. The van der Waals surface area contributed by atoms with Gasteiger partial charge in [-0.05, 0) is 24.1 Å². The van der Waals surface area contributed by atoms with Crippen LogP contribution in [0.4, 0.5) is 4.39 Å². The molecule has 7 heteroatoms. The molecule has 134 valence electrons. The van der Waals surface area contributed by atoms with Gasteiger partial charge in [0.1, 0.15) is 10.7 Å². The number of nitrogens with one attached hydrogen (secondary N) is 2. The Hall–Kier alpha value is -2.41. The van der Waals surface area contributed by atoms with Crippen molar-refractivity contribution in [3.63, 3.8) is 0 Å². The Morgan fingerprint density at radius 3 is 2.32 bits per heavy atom. The van der Waals surface area contributed by atoms with E-state index in [0.29, 0.717) is 12.5 Å². The second-order valence-electron chi connectivity index (χ2n) is 5.41. The van der Waals surface area contributed by atoms with Crippen molar-refractivity contribution in [2.45, 2.75) is 11.3 Å². The van der Waals surface area contributed by atoms with Gasteiger partial charge in [-0.3, -0.25) is 4.99 Å². The molecule has 0 amide bonds. The highest BCUT2D eigenvalue weighted by Gasteiger charge is 2.18. The number of nitrogens with zero attached hydrogens (tertiary/aromatic N) is 1. The van der Waals surface area contributed by atoms with Gasteiger partial charge in [0.15, 0.2) is 15.8 Å². The molecule has 2 N–H and O–H groups in total. The number of sulfone groups is 1. The van der Waals surface area contributed by atoms with Gasteiger partial charge >= 0.3 is 0 Å². The third kappa shape index (κ3) is 5.86. The predicted octanol–water partition coefficient (Wildman–Crippen LogP) is 2.01. The maximum atomic E-state index is 13.6. The fourth-order valence-electron chi connectivity index (χ4n) is 2.30. The normalized spacial score (nSPS) is 12.0. The molecule has 0 bridgehead atoms. The summed E-state index contributed by atoms with van der Waals surface area (Å²) in [4.78, 5) is 3.78. The van der Waals surface area contributed by atoms with E-state index in [1.165, 1.54) is 23.8 Å². The molecule has 0 spiro atoms. The van der Waals surface area contributed by atoms with E-state index in [-0.39, 0.29) is 17.2 Å². The number of hydrogen-bond acceptors (Lipinski definition) is 3. The molecule has 0 atom stereocenters. The van der Waals surface area contributed by atoms with Crippen molar-refractivity contribution in [3.8, 4) is 0 Å². The van der Waals surface area contributed by atoms with Crippen LogP contribution in [-0.4, -0.2) is 40.3 Å². The zero-order chi connectivity index (χ0) is 18.1. The first-order chi connectivity index (χ1) is 12.0. The van der Waals surface area contributed by atoms with E-state index >= 15 is 0 Å². The van der Waals surface area contributed by atoms with E-state index in [1.54, 1.807) is 7.05 Å². The van der Waals surface area contributed by atoms with Crippen molar-refractivity contribution < 1.29 is 12.8 Å². The van der Waals surface area contributed by atoms with Crippen molar-refractivity contribution in [1.29, 1.82) is 0 Å². The summed E-state index contributed by atoms with van der Waals surface area (Å²) in [6.45, 7) is 0.811. The molecule has 0 heterocycles. The highest BCUT2D eigenvalue weighted by Crippen LogP contribution is 2.14. The van der Waals surface area contributed by atoms with E-state index in [9.17, 15) is 12.8 Å². The summed E-state index contributed by atoms with van der Waals surface area (Å²) in [5.74, 6) is -0.430. The average Bonchev–Trinajstić information content (AvgIpc) is 2.61. The van der Waals surface area contributed by atoms with Gasteiger partial charge < -0.3 is 10.6 Å². The van der Waals surface area contributed by atoms with Gasteiger partial charge in [-0.15, -0.1) is 0 Å². The maximum Gasteiger partial charge on any atom is 0.191 e. The SMILES string of the molecule is CN=C(NCCc1ccccc1)NCCS(=O)(=O)c1ccccc1F. The average molecular weight is 363 g/mol. The predicted molar refractivity (Wildman–Crippen MR) is 98.0 cm³/mol. The Kier molecular flexibility index (Phi) is 6.94. The molecular weight excluding hydrogens is 341 g/mol. The van der Waals surface area contributed by atoms with Crippen LogP contribution in [0, 0.1) is 5.82 Å². The lowest BCUT2D eigenvalue weighted by molar-refractivity contribution is 0.566. The van der Waals surface area contributed by atoms with Crippen molar-refractivity contribution in [2.75, 3.05) is 25.9 Å². The van der Waals surface area contributed by atoms with Gasteiger partial charge in [-0.25, -0.2) is 12.8 Å². The molecule has 2 rings (SSSR count). The van der Waals surface area contributed by atoms with Crippen LogP contribution in [0.15, 0.2) is 64.5 Å². The number of hydrogen-bond donors (Lipinski definition) is 2. The monoisotopic (exact) mass is 363 g/mol. The van der Waals surface area contributed by atoms with Crippen molar-refractivity contribution in [1.82, 2.24) is 10.6 Å². The number of aliphatic imine (C=N–C) groups is 1. The highest BCUT2D eigenvalue weighted by molar-refractivity contribution is 7.91. The molecule has 2 aromatic carbocycles. The molecule has 0 aromatic heterocycles. The molecule has 0 unspecified atom stereocenters. The van der Waals surface area contributed by atoms with Crippen molar-refractivity contribution in [3.05, 3.63) is 66.0 Å². The lowest BCUT2D eigenvalue weighted by atomic mass is 10.1. The standard InChI is InChI=1S/C18H22FN3O2S/c1-20-18(21-12-11-15-7-3-2-4-8-15)22-13-14-25(23,24)17-10-6-5-9-16(17)19/h2-10H,11-14H2,1H3,(H2,20,21,22). The number of rotatable bonds is 7. The lowest BCUT2D eigenvalue weighted by Gasteiger charge is -2.12. The fraction of sp³-hybridized carbons (Fsp3) is 0.278. The third-order valence-corrected chi connectivity index (χ3v) is 5.35. The van der Waals surface area contributed by atoms with E-state index in [1.807, 2.05) is 30.3 Å². The van der Waals surface area contributed by atoms with E-state index in [2.05, 4.69) is 15.6 Å². The van der Waals surface area contributed by atoms with E-state index in [4.69, 9.17) is 0 Å². The Balaban J connectivity index is 1.80. The number of guanidine groups is 1. The smallest absolute Gasteiger partial charge is 0.191 e. The molecular formula is C18H22FN3O2S. The molecule has 5 nitrogen and oxygen atoms in total. The Bertz CT molecular complexity index is 808. The Morgan fingerprint density at radius 2 is 1.64 bits per heavy atom. The van der Waals surface area contributed by atoms with E-state index in [0.717, 1.165) is 12.5 Å². The molecule has 0 aliphatic carbocycles. The van der Waals surface area contributed by atoms with Crippen LogP contribution >= 0.6 is 0 Å². The van der Waals surface area contributed by atoms with Gasteiger partial charge in [0.25, 0.3) is 0 Å². The molecule has 0 radical (unpaired) electrons. The first-order valence-electron chi connectivity index (χ1n) is 7.98. The summed E-state index contributed by atoms with van der Waals surface area (Å²) >= 11 is 0. The molecule has 0 aliphatic heterocycles. The first-order valence-corrected chi connectivity index (χ1v) is 9.64. The summed E-state index contributed by atoms with van der Waals surface area (Å²) in [5, 5.41) is 6.06. The zero-order valence-electron chi connectivity index (χ0n) is 14.1. The van der Waals surface area contributed by atoms with Crippen LogP contribution in [0.5, 0.6) is 0 Å². The maximum absolute atomic E-state index is 13.6. The molecule has 25 heavy (non-hydrogen) atoms. The minimum Gasteiger partial charge on any atom is -0.356 e. The van der Waals surface area contributed by atoms with Crippen LogP contribution in [0.1, 0.15) is 5.56 Å². The van der Waals surface area contributed by atoms with Crippen molar-refractivity contribution >= 4 is 15.8 Å². The minimum atomic E-state index is -3.68. The van der Waals surface area contributed by atoms with Gasteiger partial charge in [-0.2, -0.15) is 0 Å². The molecule has 0 saturated carbocycles. The Labute approximate surface area is 147 Å². The third-order valence-electron chi connectivity index (χ3n) is 3.61. The topological polar surface area (TPSA) is 70.6 Å². The van der Waals surface area contributed by atoms with Crippen LogP contribution in [-0.2, 0) is 16.3 Å². The quantitative estimate of drug-likeness (QED) is 0.583. The Morgan fingerprint density at radius 1 is 1.00 bits per heavy atom. The lowest BCUT2D eigenvalue weighted by Crippen LogP contribution is -2.40. The van der Waals surface area contributed by atoms with Crippen LogP contribution in [0.25, 0.3) is 0 Å². The summed E-state index contributed by atoms with van der Waals surface area (Å²) in [7, 11) is -2.06. The first kappa shape index (κ1) is 18.9. The number of halogens is 1. The van der Waals surface area contributed by atoms with Crippen molar-refractivity contribution in [2.24, 2.45) is 4.99 Å². The van der Waals surface area contributed by atoms with Crippen LogP contribution < -0.4 is 10.6 Å². The van der Waals surface area contributed by atoms with E-state index < -0.39 is 15.7 Å². The molecule has 0 fully saturated rings. The zero-order valence-corrected chi connectivity index (χ0v) is 14.9. The van der Waals surface area contributed by atoms with Gasteiger partial charge in [0.2, 0.25) is 0 Å². The summed E-state index contributed by atoms with van der Waals surface area (Å²) in [6.07, 6.45) is 0.828. The summed E-state index contributed by atoms with van der Waals surface area (Å²) in [6, 6.07) is 15.4. The van der Waals surface area contributed by atoms with Gasteiger partial charge in [0, 0.05) is 20.1 Å². The van der Waals surface area contributed by atoms with Crippen LogP contribution in [0.3, 0.4) is 0 Å². The molecule has 2 aromatic rings. The highest BCUT2D eigenvalue weighted by atomic mass is 32.2. The van der Waals surface area contributed by atoms with Gasteiger partial charge in [-0.1, -0.05) is 42.5 Å². The molecule has 0 aliphatic rings. The summed E-state index contributed by atoms with van der Waals surface area (Å²) in [5.41, 5.74) is 1.20. The second kappa shape index (κ2) is 9.17. The summed E-state index contributed by atoms with van der Waals surface area (Å²) < 4.78 is 38.0. The minimum absolute atomic E-state index is 0.141.